The van der Waals surface area contributed by atoms with Gasteiger partial charge in [0.25, 0.3) is 0 Å². The highest BCUT2D eigenvalue weighted by molar-refractivity contribution is 7.09. The molecular weight excluding hydrogens is 270 g/mol. The van der Waals surface area contributed by atoms with E-state index in [-0.39, 0.29) is 5.91 Å². The molecule has 1 N–H and O–H groups in total. The van der Waals surface area contributed by atoms with Gasteiger partial charge in [-0.15, -0.1) is 11.3 Å². The molecule has 2 bridgehead atoms. The van der Waals surface area contributed by atoms with Gasteiger partial charge in [-0.05, 0) is 38.5 Å². The van der Waals surface area contributed by atoms with E-state index < -0.39 is 0 Å². The fourth-order valence-corrected chi connectivity index (χ4v) is 4.26. The zero-order chi connectivity index (χ0) is 13.9. The maximum atomic E-state index is 11.9. The Kier molecular flexibility index (Phi) is 4.36. The number of nitrogens with one attached hydrogen (secondary N) is 1. The molecule has 3 rings (SSSR count). The van der Waals surface area contributed by atoms with Gasteiger partial charge >= 0.3 is 0 Å². The van der Waals surface area contributed by atoms with Crippen LogP contribution in [-0.2, 0) is 11.2 Å². The van der Waals surface area contributed by atoms with Crippen molar-refractivity contribution in [1.29, 1.82) is 0 Å². The number of thiazole rings is 1. The Bertz CT molecular complexity index is 473. The molecule has 1 aromatic heterocycles. The zero-order valence-corrected chi connectivity index (χ0v) is 12.9. The minimum atomic E-state index is 0.188. The summed E-state index contributed by atoms with van der Waals surface area (Å²) in [6.07, 6.45) is 5.92. The van der Waals surface area contributed by atoms with Crippen LogP contribution < -0.4 is 5.32 Å². The first kappa shape index (κ1) is 14.0. The summed E-state index contributed by atoms with van der Waals surface area (Å²) in [6, 6.07) is 0.684. The largest absolute Gasteiger partial charge is 0.355 e. The van der Waals surface area contributed by atoms with Crippen molar-refractivity contribution in [2.45, 2.75) is 45.1 Å². The van der Waals surface area contributed by atoms with Crippen LogP contribution in [0.1, 0.15) is 36.4 Å². The van der Waals surface area contributed by atoms with Crippen LogP contribution >= 0.6 is 11.3 Å². The van der Waals surface area contributed by atoms with Gasteiger partial charge in [0.05, 0.1) is 11.6 Å². The fourth-order valence-electron chi connectivity index (χ4n) is 3.45. The third kappa shape index (κ3) is 3.38. The number of carbonyl (C=O) groups excluding carboxylic acids is 1. The SMILES string of the molecule is Cc1csc(CCCNC(=O)CN2C[C@@H]3CC[C@H]2C3)n1. The van der Waals surface area contributed by atoms with E-state index in [9.17, 15) is 4.79 Å². The number of aryl methyl sites for hydroxylation is 2. The summed E-state index contributed by atoms with van der Waals surface area (Å²) in [7, 11) is 0. The van der Waals surface area contributed by atoms with Crippen LogP contribution in [-0.4, -0.2) is 41.5 Å². The first-order valence-corrected chi connectivity index (χ1v) is 8.50. The van der Waals surface area contributed by atoms with Gasteiger partial charge in [0.1, 0.15) is 0 Å². The standard InChI is InChI=1S/C15H23N3OS/c1-11-10-20-15(17-11)3-2-6-16-14(19)9-18-8-12-4-5-13(18)7-12/h10,12-13H,2-9H2,1H3,(H,16,19)/t12-,13+/m1/s1. The molecule has 20 heavy (non-hydrogen) atoms. The molecule has 1 aliphatic heterocycles. The van der Waals surface area contributed by atoms with Crippen LogP contribution in [0.4, 0.5) is 0 Å². The number of fused-ring (bicyclic) bond motifs is 2. The van der Waals surface area contributed by atoms with E-state index in [4.69, 9.17) is 0 Å². The lowest BCUT2D eigenvalue weighted by Gasteiger charge is -2.25. The van der Waals surface area contributed by atoms with Gasteiger partial charge in [-0.25, -0.2) is 4.98 Å². The van der Waals surface area contributed by atoms with Gasteiger partial charge in [-0.2, -0.15) is 0 Å². The first-order valence-electron chi connectivity index (χ1n) is 7.62. The van der Waals surface area contributed by atoms with E-state index in [1.165, 1.54) is 24.3 Å². The summed E-state index contributed by atoms with van der Waals surface area (Å²) < 4.78 is 0. The van der Waals surface area contributed by atoms with E-state index in [0.29, 0.717) is 12.6 Å². The van der Waals surface area contributed by atoms with Crippen molar-refractivity contribution in [3.63, 3.8) is 0 Å². The Morgan fingerprint density at radius 3 is 3.10 bits per heavy atom. The average molecular weight is 293 g/mol. The molecule has 1 saturated heterocycles. The van der Waals surface area contributed by atoms with E-state index in [0.717, 1.165) is 37.5 Å². The second-order valence-corrected chi connectivity index (χ2v) is 7.04. The molecule has 2 aliphatic rings. The van der Waals surface area contributed by atoms with Crippen molar-refractivity contribution < 1.29 is 4.79 Å². The molecule has 1 aromatic rings. The second-order valence-electron chi connectivity index (χ2n) is 6.10. The molecule has 0 unspecified atom stereocenters. The molecular formula is C15H23N3OS. The van der Waals surface area contributed by atoms with Crippen molar-refractivity contribution in [1.82, 2.24) is 15.2 Å². The minimum Gasteiger partial charge on any atom is -0.355 e. The molecule has 1 amide bonds. The van der Waals surface area contributed by atoms with Crippen LogP contribution in [0.5, 0.6) is 0 Å². The zero-order valence-electron chi connectivity index (χ0n) is 12.1. The van der Waals surface area contributed by atoms with Crippen LogP contribution in [0, 0.1) is 12.8 Å². The van der Waals surface area contributed by atoms with Crippen molar-refractivity contribution in [3.8, 4) is 0 Å². The summed E-state index contributed by atoms with van der Waals surface area (Å²) in [4.78, 5) is 18.7. The summed E-state index contributed by atoms with van der Waals surface area (Å²) in [6.45, 7) is 4.51. The maximum Gasteiger partial charge on any atom is 0.234 e. The average Bonchev–Trinajstić information content (AvgIpc) is 3.11. The number of aromatic nitrogens is 1. The van der Waals surface area contributed by atoms with Gasteiger partial charge in [0, 0.05) is 36.6 Å². The quantitative estimate of drug-likeness (QED) is 0.816. The predicted molar refractivity (Wildman–Crippen MR) is 80.9 cm³/mol. The van der Waals surface area contributed by atoms with Gasteiger partial charge in [-0.1, -0.05) is 0 Å². The highest BCUT2D eigenvalue weighted by Gasteiger charge is 2.38. The molecule has 2 heterocycles. The molecule has 4 nitrogen and oxygen atoms in total. The Morgan fingerprint density at radius 2 is 2.45 bits per heavy atom. The number of piperidine rings is 1. The molecule has 0 aromatic carbocycles. The van der Waals surface area contributed by atoms with Crippen molar-refractivity contribution in [3.05, 3.63) is 16.1 Å². The van der Waals surface area contributed by atoms with Crippen LogP contribution in [0.25, 0.3) is 0 Å². The number of carbonyl (C=O) groups is 1. The number of hydrogen-bond donors (Lipinski definition) is 1. The van der Waals surface area contributed by atoms with Gasteiger partial charge in [-0.3, -0.25) is 9.69 Å². The molecule has 2 atom stereocenters. The van der Waals surface area contributed by atoms with Crippen molar-refractivity contribution in [2.24, 2.45) is 5.92 Å². The third-order valence-corrected chi connectivity index (χ3v) is 5.45. The topological polar surface area (TPSA) is 45.2 Å². The third-order valence-electron chi connectivity index (χ3n) is 4.43. The van der Waals surface area contributed by atoms with E-state index in [2.05, 4.69) is 20.6 Å². The molecule has 1 aliphatic carbocycles. The van der Waals surface area contributed by atoms with Crippen LogP contribution in [0.3, 0.4) is 0 Å². The Morgan fingerprint density at radius 1 is 1.55 bits per heavy atom. The lowest BCUT2D eigenvalue weighted by molar-refractivity contribution is -0.122. The minimum absolute atomic E-state index is 0.188. The highest BCUT2D eigenvalue weighted by atomic mass is 32.1. The summed E-state index contributed by atoms with van der Waals surface area (Å²) in [5, 5.41) is 6.30. The Hall–Kier alpha value is -0.940. The molecule has 0 spiro atoms. The molecule has 0 radical (unpaired) electrons. The lowest BCUT2D eigenvalue weighted by Crippen LogP contribution is -2.41. The van der Waals surface area contributed by atoms with Crippen molar-refractivity contribution in [2.75, 3.05) is 19.6 Å². The summed E-state index contributed by atoms with van der Waals surface area (Å²) in [5.41, 5.74) is 1.10. The molecule has 1 saturated carbocycles. The smallest absolute Gasteiger partial charge is 0.234 e. The van der Waals surface area contributed by atoms with E-state index in [1.54, 1.807) is 11.3 Å². The second kappa shape index (κ2) is 6.22. The van der Waals surface area contributed by atoms with Gasteiger partial charge < -0.3 is 5.32 Å². The van der Waals surface area contributed by atoms with Gasteiger partial charge in [0.2, 0.25) is 5.91 Å². The summed E-state index contributed by atoms with van der Waals surface area (Å²) >= 11 is 1.71. The Labute approximate surface area is 124 Å². The molecule has 5 heteroatoms. The molecule has 110 valence electrons. The predicted octanol–water partition coefficient (Wildman–Crippen LogP) is 1.98. The van der Waals surface area contributed by atoms with Crippen LogP contribution in [0.2, 0.25) is 0 Å². The first-order chi connectivity index (χ1) is 9.70. The van der Waals surface area contributed by atoms with Gasteiger partial charge in [0.15, 0.2) is 0 Å². The monoisotopic (exact) mass is 293 g/mol. The number of hydrogen-bond acceptors (Lipinski definition) is 4. The molecule has 2 fully saturated rings. The number of rotatable bonds is 6. The van der Waals surface area contributed by atoms with Crippen LogP contribution in [0.15, 0.2) is 5.38 Å². The lowest BCUT2D eigenvalue weighted by atomic mass is 10.1. The highest BCUT2D eigenvalue weighted by Crippen LogP contribution is 2.36. The van der Waals surface area contributed by atoms with E-state index in [1.807, 2.05) is 6.92 Å². The van der Waals surface area contributed by atoms with E-state index >= 15 is 0 Å². The van der Waals surface area contributed by atoms with Crippen molar-refractivity contribution >= 4 is 17.2 Å². The number of nitrogens with zero attached hydrogens (tertiary/aromatic N) is 2. The maximum absolute atomic E-state index is 11.9. The normalized spacial score (nSPS) is 25.2. The Balaban J connectivity index is 1.31. The summed E-state index contributed by atoms with van der Waals surface area (Å²) in [5.74, 6) is 1.05. The fraction of sp³-hybridized carbons (Fsp3) is 0.733. The number of likely N-dealkylation sites (tertiary alicyclic amines) is 1. The number of amides is 1.